The molecule has 1 atom stereocenters. The van der Waals surface area contributed by atoms with Crippen LogP contribution < -0.4 is 5.73 Å². The van der Waals surface area contributed by atoms with E-state index in [9.17, 15) is 9.59 Å². The summed E-state index contributed by atoms with van der Waals surface area (Å²) in [5.74, 6) is -1.11. The predicted molar refractivity (Wildman–Crippen MR) is 86.7 cm³/mol. The zero-order valence-electron chi connectivity index (χ0n) is 13.5. The summed E-state index contributed by atoms with van der Waals surface area (Å²) in [6, 6.07) is 9.53. The number of amides is 1. The van der Waals surface area contributed by atoms with Crippen LogP contribution in [0.3, 0.4) is 0 Å². The molecule has 0 aliphatic rings. The minimum Gasteiger partial charge on any atom is -0.491 e. The van der Waals surface area contributed by atoms with Crippen LogP contribution in [0.5, 0.6) is 0 Å². The van der Waals surface area contributed by atoms with E-state index >= 15 is 0 Å². The van der Waals surface area contributed by atoms with Crippen LogP contribution in [-0.2, 0) is 20.7 Å². The summed E-state index contributed by atoms with van der Waals surface area (Å²) < 4.78 is 5.22. The summed E-state index contributed by atoms with van der Waals surface area (Å²) in [7, 11) is 0. The Balaban J connectivity index is 3.11. The highest BCUT2D eigenvalue weighted by molar-refractivity contribution is 6.03. The van der Waals surface area contributed by atoms with Crippen molar-refractivity contribution in [2.45, 2.75) is 27.2 Å². The first kappa shape index (κ1) is 18.0. The maximum atomic E-state index is 12.6. The molecule has 0 aliphatic heterocycles. The maximum Gasteiger partial charge on any atom is 0.225 e. The number of ketones is 1. The van der Waals surface area contributed by atoms with Gasteiger partial charge in [-0.05, 0) is 24.8 Å². The highest BCUT2D eigenvalue weighted by Gasteiger charge is 2.36. The van der Waals surface area contributed by atoms with E-state index < -0.39 is 11.8 Å². The van der Waals surface area contributed by atoms with Gasteiger partial charge in [0, 0.05) is 5.92 Å². The molecule has 0 aliphatic carbocycles. The number of carbonyl (C=O) groups excluding carboxylic acids is 2. The third-order valence-corrected chi connectivity index (χ3v) is 3.47. The fourth-order valence-corrected chi connectivity index (χ4v) is 2.49. The number of carbonyl (C=O) groups is 2. The maximum absolute atomic E-state index is 12.6. The Labute approximate surface area is 132 Å². The lowest BCUT2D eigenvalue weighted by atomic mass is 9.76. The van der Waals surface area contributed by atoms with E-state index in [4.69, 9.17) is 10.5 Å². The van der Waals surface area contributed by atoms with Gasteiger partial charge in [0.25, 0.3) is 0 Å². The van der Waals surface area contributed by atoms with Gasteiger partial charge >= 0.3 is 0 Å². The Morgan fingerprint density at radius 2 is 1.82 bits per heavy atom. The molecule has 0 heterocycles. The molecule has 1 unspecified atom stereocenters. The van der Waals surface area contributed by atoms with Crippen LogP contribution in [0.2, 0.25) is 0 Å². The van der Waals surface area contributed by atoms with E-state index in [0.717, 1.165) is 5.56 Å². The van der Waals surface area contributed by atoms with Gasteiger partial charge in [-0.3, -0.25) is 9.59 Å². The molecule has 0 fully saturated rings. The van der Waals surface area contributed by atoms with E-state index in [2.05, 4.69) is 6.58 Å². The molecule has 0 saturated heterocycles. The first-order valence-electron chi connectivity index (χ1n) is 7.44. The minimum atomic E-state index is -0.640. The lowest BCUT2D eigenvalue weighted by Crippen LogP contribution is -2.38. The zero-order chi connectivity index (χ0) is 16.7. The van der Waals surface area contributed by atoms with Crippen molar-refractivity contribution in [2.75, 3.05) is 6.61 Å². The van der Waals surface area contributed by atoms with Gasteiger partial charge in [-0.2, -0.15) is 0 Å². The number of Topliss-reactive ketones (excluding diaryl/α,β-unsaturated/α-hetero) is 1. The SMILES string of the molecule is C=C(OCC)C(=O)C(Cc1ccccc1)[C](C(N)=O)C(C)C. The minimum absolute atomic E-state index is 0.0721. The number of hydrogen-bond donors (Lipinski definition) is 1. The zero-order valence-corrected chi connectivity index (χ0v) is 13.5. The first-order valence-corrected chi connectivity index (χ1v) is 7.44. The second-order valence-electron chi connectivity index (χ2n) is 5.44. The van der Waals surface area contributed by atoms with Crippen molar-refractivity contribution in [2.24, 2.45) is 17.6 Å². The standard InChI is InChI=1S/C18H24NO3/c1-5-22-13(4)17(20)15(16(12(2)3)18(19)21)11-14-9-7-6-8-10-14/h6-10,12,15H,4-5,11H2,1-3H3,(H2,19,21). The van der Waals surface area contributed by atoms with Crippen LogP contribution >= 0.6 is 0 Å². The van der Waals surface area contributed by atoms with Crippen LogP contribution in [0.15, 0.2) is 42.7 Å². The third-order valence-electron chi connectivity index (χ3n) is 3.47. The molecular formula is C18H24NO3. The van der Waals surface area contributed by atoms with Gasteiger partial charge in [0.1, 0.15) is 0 Å². The summed E-state index contributed by atoms with van der Waals surface area (Å²) >= 11 is 0. The highest BCUT2D eigenvalue weighted by Crippen LogP contribution is 2.29. The van der Waals surface area contributed by atoms with E-state index in [0.29, 0.717) is 18.9 Å². The quantitative estimate of drug-likeness (QED) is 0.563. The molecule has 0 aromatic heterocycles. The summed E-state index contributed by atoms with van der Waals surface area (Å²) in [5.41, 5.74) is 6.47. The fourth-order valence-electron chi connectivity index (χ4n) is 2.49. The number of rotatable bonds is 9. The average molecular weight is 302 g/mol. The molecule has 1 radical (unpaired) electrons. The van der Waals surface area contributed by atoms with Gasteiger partial charge in [-0.15, -0.1) is 0 Å². The number of allylic oxidation sites excluding steroid dienone is 1. The van der Waals surface area contributed by atoms with Crippen molar-refractivity contribution in [1.29, 1.82) is 0 Å². The molecule has 4 heteroatoms. The Morgan fingerprint density at radius 3 is 2.27 bits per heavy atom. The average Bonchev–Trinajstić information content (AvgIpc) is 2.46. The van der Waals surface area contributed by atoms with Crippen molar-refractivity contribution in [1.82, 2.24) is 0 Å². The molecule has 0 saturated carbocycles. The number of hydrogen-bond acceptors (Lipinski definition) is 3. The van der Waals surface area contributed by atoms with Crippen molar-refractivity contribution in [3.8, 4) is 0 Å². The Kier molecular flexibility index (Phi) is 6.83. The summed E-state index contributed by atoms with van der Waals surface area (Å²) in [4.78, 5) is 24.5. The van der Waals surface area contributed by atoms with Crippen LogP contribution in [0, 0.1) is 17.8 Å². The summed E-state index contributed by atoms with van der Waals surface area (Å²) in [6.45, 7) is 9.52. The van der Waals surface area contributed by atoms with Gasteiger partial charge in [0.2, 0.25) is 11.7 Å². The van der Waals surface area contributed by atoms with Gasteiger partial charge < -0.3 is 10.5 Å². The monoisotopic (exact) mass is 302 g/mol. The molecule has 1 aromatic rings. The lowest BCUT2D eigenvalue weighted by Gasteiger charge is -2.26. The smallest absolute Gasteiger partial charge is 0.225 e. The summed E-state index contributed by atoms with van der Waals surface area (Å²) in [6.07, 6.45) is 0.405. The van der Waals surface area contributed by atoms with E-state index in [-0.39, 0.29) is 17.5 Å². The van der Waals surface area contributed by atoms with Crippen molar-refractivity contribution in [3.05, 3.63) is 54.2 Å². The highest BCUT2D eigenvalue weighted by atomic mass is 16.5. The molecular weight excluding hydrogens is 278 g/mol. The predicted octanol–water partition coefficient (Wildman–Crippen LogP) is 2.68. The molecule has 0 bridgehead atoms. The molecule has 2 N–H and O–H groups in total. The molecule has 22 heavy (non-hydrogen) atoms. The third kappa shape index (κ3) is 4.72. The van der Waals surface area contributed by atoms with Gasteiger partial charge in [-0.1, -0.05) is 50.8 Å². The number of benzene rings is 1. The molecule has 1 rings (SSSR count). The molecule has 1 aromatic carbocycles. The van der Waals surface area contributed by atoms with E-state index in [1.165, 1.54) is 0 Å². The van der Waals surface area contributed by atoms with Crippen molar-refractivity contribution >= 4 is 11.7 Å². The molecule has 119 valence electrons. The van der Waals surface area contributed by atoms with Crippen molar-refractivity contribution in [3.63, 3.8) is 0 Å². The van der Waals surface area contributed by atoms with Crippen LogP contribution in [-0.4, -0.2) is 18.3 Å². The van der Waals surface area contributed by atoms with E-state index in [1.807, 2.05) is 44.2 Å². The number of primary amides is 1. The summed E-state index contributed by atoms with van der Waals surface area (Å²) in [5, 5.41) is 0. The second kappa shape index (κ2) is 8.37. The van der Waals surface area contributed by atoms with Gasteiger partial charge in [0.15, 0.2) is 5.76 Å². The molecule has 0 spiro atoms. The Hall–Kier alpha value is -2.10. The van der Waals surface area contributed by atoms with Crippen LogP contribution in [0.25, 0.3) is 0 Å². The fraction of sp³-hybridized carbons (Fsp3) is 0.389. The normalized spacial score (nSPS) is 12.2. The van der Waals surface area contributed by atoms with Gasteiger partial charge in [-0.25, -0.2) is 0 Å². The van der Waals surface area contributed by atoms with Crippen LogP contribution in [0.1, 0.15) is 26.3 Å². The number of ether oxygens (including phenoxy) is 1. The van der Waals surface area contributed by atoms with E-state index in [1.54, 1.807) is 6.92 Å². The van der Waals surface area contributed by atoms with Crippen LogP contribution in [0.4, 0.5) is 0 Å². The Bertz CT molecular complexity index is 522. The lowest BCUT2D eigenvalue weighted by molar-refractivity contribution is -0.126. The first-order chi connectivity index (χ1) is 10.4. The molecule has 4 nitrogen and oxygen atoms in total. The Morgan fingerprint density at radius 1 is 1.23 bits per heavy atom. The number of nitrogens with two attached hydrogens (primary N) is 1. The largest absolute Gasteiger partial charge is 0.491 e. The van der Waals surface area contributed by atoms with Gasteiger partial charge in [0.05, 0.1) is 12.5 Å². The topological polar surface area (TPSA) is 69.4 Å². The second-order valence-corrected chi connectivity index (χ2v) is 5.44. The molecule has 1 amide bonds. The van der Waals surface area contributed by atoms with Crippen molar-refractivity contribution < 1.29 is 14.3 Å².